The molecule has 0 heterocycles. The highest BCUT2D eigenvalue weighted by Crippen LogP contribution is 1.92. The molecule has 0 amide bonds. The SMILES string of the molecule is CC[B]c1ccc(F)cc1. The molecular formula is C8H9BF. The van der Waals surface area contributed by atoms with Gasteiger partial charge in [0.25, 0.3) is 0 Å². The van der Waals surface area contributed by atoms with Gasteiger partial charge in [0.2, 0.25) is 0 Å². The average Bonchev–Trinajstić information content (AvgIpc) is 1.95. The van der Waals surface area contributed by atoms with Crippen molar-refractivity contribution >= 4 is 12.7 Å². The minimum Gasteiger partial charge on any atom is -0.207 e. The Morgan fingerprint density at radius 2 is 1.90 bits per heavy atom. The maximum atomic E-state index is 12.3. The maximum Gasteiger partial charge on any atom is 0.151 e. The molecule has 0 N–H and O–H groups in total. The van der Waals surface area contributed by atoms with Crippen molar-refractivity contribution in [3.05, 3.63) is 30.1 Å². The molecule has 10 heavy (non-hydrogen) atoms. The van der Waals surface area contributed by atoms with Gasteiger partial charge in [-0.25, -0.2) is 4.39 Å². The molecule has 0 aromatic heterocycles. The van der Waals surface area contributed by atoms with Gasteiger partial charge in [-0.05, 0) is 12.1 Å². The van der Waals surface area contributed by atoms with E-state index in [1.54, 1.807) is 12.1 Å². The van der Waals surface area contributed by atoms with Crippen LogP contribution in [-0.4, -0.2) is 7.28 Å². The van der Waals surface area contributed by atoms with E-state index < -0.39 is 0 Å². The van der Waals surface area contributed by atoms with Crippen LogP contribution in [-0.2, 0) is 0 Å². The van der Waals surface area contributed by atoms with E-state index in [-0.39, 0.29) is 5.82 Å². The first-order valence-corrected chi connectivity index (χ1v) is 3.41. The largest absolute Gasteiger partial charge is 0.207 e. The lowest BCUT2D eigenvalue weighted by Crippen LogP contribution is -2.11. The normalized spacial score (nSPS) is 9.40. The molecule has 1 aromatic carbocycles. The van der Waals surface area contributed by atoms with E-state index in [0.29, 0.717) is 0 Å². The molecule has 0 nitrogen and oxygen atoms in total. The molecule has 0 fully saturated rings. The first-order chi connectivity index (χ1) is 4.83. The van der Waals surface area contributed by atoms with Crippen LogP contribution in [0, 0.1) is 5.82 Å². The van der Waals surface area contributed by atoms with Crippen molar-refractivity contribution in [2.45, 2.75) is 13.2 Å². The minimum atomic E-state index is -0.173. The topological polar surface area (TPSA) is 0 Å². The summed E-state index contributed by atoms with van der Waals surface area (Å²) in [5.74, 6) is -0.173. The summed E-state index contributed by atoms with van der Waals surface area (Å²) in [6.07, 6.45) is 0.992. The highest BCUT2D eigenvalue weighted by molar-refractivity contribution is 6.53. The molecule has 0 atom stereocenters. The molecule has 1 radical (unpaired) electrons. The Balaban J connectivity index is 2.69. The van der Waals surface area contributed by atoms with Crippen molar-refractivity contribution in [1.29, 1.82) is 0 Å². The zero-order chi connectivity index (χ0) is 7.40. The van der Waals surface area contributed by atoms with Gasteiger partial charge in [-0.3, -0.25) is 0 Å². The highest BCUT2D eigenvalue weighted by atomic mass is 19.1. The maximum absolute atomic E-state index is 12.3. The molecule has 0 aliphatic rings. The van der Waals surface area contributed by atoms with Gasteiger partial charge in [0.15, 0.2) is 7.28 Å². The Morgan fingerprint density at radius 1 is 1.30 bits per heavy atom. The van der Waals surface area contributed by atoms with Gasteiger partial charge in [0.1, 0.15) is 5.82 Å². The molecular weight excluding hydrogens is 126 g/mol. The summed E-state index contributed by atoms with van der Waals surface area (Å²) in [5.41, 5.74) is 1.09. The Kier molecular flexibility index (Phi) is 2.49. The molecule has 0 aliphatic heterocycles. The Morgan fingerprint density at radius 3 is 2.40 bits per heavy atom. The molecule has 0 spiro atoms. The lowest BCUT2D eigenvalue weighted by molar-refractivity contribution is 0.628. The van der Waals surface area contributed by atoms with E-state index in [1.807, 2.05) is 0 Å². The summed E-state index contributed by atoms with van der Waals surface area (Å²) in [6, 6.07) is 6.50. The smallest absolute Gasteiger partial charge is 0.151 e. The van der Waals surface area contributed by atoms with Crippen LogP contribution in [0.3, 0.4) is 0 Å². The molecule has 0 saturated carbocycles. The summed E-state index contributed by atoms with van der Waals surface area (Å²) < 4.78 is 12.3. The van der Waals surface area contributed by atoms with Crippen LogP contribution in [0.2, 0.25) is 6.32 Å². The van der Waals surface area contributed by atoms with Crippen molar-refractivity contribution in [1.82, 2.24) is 0 Å². The summed E-state index contributed by atoms with van der Waals surface area (Å²) >= 11 is 0. The van der Waals surface area contributed by atoms with Gasteiger partial charge in [0.05, 0.1) is 0 Å². The summed E-state index contributed by atoms with van der Waals surface area (Å²) in [7, 11) is 2.06. The fraction of sp³-hybridized carbons (Fsp3) is 0.250. The molecule has 51 valence electrons. The van der Waals surface area contributed by atoms with Crippen molar-refractivity contribution in [2.75, 3.05) is 0 Å². The number of halogens is 1. The molecule has 2 heteroatoms. The number of hydrogen-bond donors (Lipinski definition) is 0. The van der Waals surface area contributed by atoms with E-state index in [0.717, 1.165) is 11.8 Å². The number of benzene rings is 1. The Labute approximate surface area is 61.3 Å². The molecule has 0 bridgehead atoms. The summed E-state index contributed by atoms with van der Waals surface area (Å²) in [6.45, 7) is 2.06. The molecule has 0 saturated heterocycles. The van der Waals surface area contributed by atoms with Crippen LogP contribution in [0.5, 0.6) is 0 Å². The predicted octanol–water partition coefficient (Wildman–Crippen LogP) is 1.59. The third-order valence-electron chi connectivity index (χ3n) is 1.31. The third-order valence-corrected chi connectivity index (χ3v) is 1.31. The molecule has 0 unspecified atom stereocenters. The summed E-state index contributed by atoms with van der Waals surface area (Å²) in [5, 5.41) is 0. The fourth-order valence-electron chi connectivity index (χ4n) is 0.835. The van der Waals surface area contributed by atoms with Crippen molar-refractivity contribution in [3.8, 4) is 0 Å². The zero-order valence-electron chi connectivity index (χ0n) is 5.97. The summed E-state index contributed by atoms with van der Waals surface area (Å²) in [4.78, 5) is 0. The van der Waals surface area contributed by atoms with Crippen molar-refractivity contribution < 1.29 is 4.39 Å². The van der Waals surface area contributed by atoms with Gasteiger partial charge in [-0.1, -0.05) is 30.8 Å². The zero-order valence-corrected chi connectivity index (χ0v) is 5.97. The van der Waals surface area contributed by atoms with Crippen LogP contribution < -0.4 is 5.46 Å². The van der Waals surface area contributed by atoms with Crippen LogP contribution in [0.4, 0.5) is 4.39 Å². The number of hydrogen-bond acceptors (Lipinski definition) is 0. The van der Waals surface area contributed by atoms with Crippen LogP contribution in [0.1, 0.15) is 6.92 Å². The molecule has 0 aliphatic carbocycles. The van der Waals surface area contributed by atoms with E-state index >= 15 is 0 Å². The van der Waals surface area contributed by atoms with Crippen molar-refractivity contribution in [3.63, 3.8) is 0 Å². The molecule has 1 rings (SSSR count). The van der Waals surface area contributed by atoms with E-state index in [4.69, 9.17) is 0 Å². The van der Waals surface area contributed by atoms with Gasteiger partial charge < -0.3 is 0 Å². The second-order valence-corrected chi connectivity index (χ2v) is 2.16. The van der Waals surface area contributed by atoms with Gasteiger partial charge in [-0.2, -0.15) is 0 Å². The first-order valence-electron chi connectivity index (χ1n) is 3.41. The lowest BCUT2D eigenvalue weighted by atomic mass is 9.68. The van der Waals surface area contributed by atoms with E-state index in [1.165, 1.54) is 12.1 Å². The second-order valence-electron chi connectivity index (χ2n) is 2.16. The van der Waals surface area contributed by atoms with E-state index in [2.05, 4.69) is 14.2 Å². The van der Waals surface area contributed by atoms with E-state index in [9.17, 15) is 4.39 Å². The quantitative estimate of drug-likeness (QED) is 0.540. The third kappa shape index (κ3) is 1.87. The standard InChI is InChI=1S/C8H9BF/c1-2-9-7-3-5-8(10)6-4-7/h3-6H,2H2,1H3. The predicted molar refractivity (Wildman–Crippen MR) is 42.3 cm³/mol. The highest BCUT2D eigenvalue weighted by Gasteiger charge is 1.91. The Hall–Kier alpha value is -0.785. The van der Waals surface area contributed by atoms with Crippen LogP contribution >= 0.6 is 0 Å². The monoisotopic (exact) mass is 135 g/mol. The van der Waals surface area contributed by atoms with Crippen molar-refractivity contribution in [2.24, 2.45) is 0 Å². The fourth-order valence-corrected chi connectivity index (χ4v) is 0.835. The lowest BCUT2D eigenvalue weighted by Gasteiger charge is -1.94. The van der Waals surface area contributed by atoms with Crippen LogP contribution in [0.25, 0.3) is 0 Å². The minimum absolute atomic E-state index is 0.173. The second kappa shape index (κ2) is 3.40. The Bertz CT molecular complexity index is 193. The van der Waals surface area contributed by atoms with Gasteiger partial charge in [-0.15, -0.1) is 0 Å². The number of rotatable bonds is 2. The van der Waals surface area contributed by atoms with Gasteiger partial charge >= 0.3 is 0 Å². The first kappa shape index (κ1) is 7.32. The average molecular weight is 135 g/mol. The van der Waals surface area contributed by atoms with Crippen LogP contribution in [0.15, 0.2) is 24.3 Å². The molecule has 1 aromatic rings. The van der Waals surface area contributed by atoms with Gasteiger partial charge in [0, 0.05) is 0 Å².